The number of ether oxygens (including phenoxy) is 1. The topological polar surface area (TPSA) is 15.5 Å². The molecule has 2 heterocycles. The maximum Gasteiger partial charge on any atom is 0.209 e. The van der Waals surface area contributed by atoms with Crippen LogP contribution in [0.4, 0.5) is 5.69 Å². The summed E-state index contributed by atoms with van der Waals surface area (Å²) < 4.78 is 8.86. The Labute approximate surface area is 208 Å². The number of rotatable bonds is 5. The van der Waals surface area contributed by atoms with Crippen LogP contribution < -0.4 is 0 Å². The van der Waals surface area contributed by atoms with Gasteiger partial charge in [0, 0.05) is 18.7 Å². The fourth-order valence-electron chi connectivity index (χ4n) is 5.97. The third-order valence-corrected chi connectivity index (χ3v) is 7.70. The van der Waals surface area contributed by atoms with E-state index in [-0.39, 0.29) is 17.6 Å². The maximum atomic E-state index is 6.48. The monoisotopic (exact) mass is 459 g/mol. The van der Waals surface area contributed by atoms with E-state index in [0.29, 0.717) is 0 Å². The lowest BCUT2D eigenvalue weighted by atomic mass is 9.69. The Balaban J connectivity index is 1.53. The minimum Gasteiger partial charge on any atom is -0.469 e. The molecule has 6 rings (SSSR count). The van der Waals surface area contributed by atoms with Crippen molar-refractivity contribution in [3.05, 3.63) is 138 Å². The van der Waals surface area contributed by atoms with E-state index in [0.717, 1.165) is 18.7 Å². The van der Waals surface area contributed by atoms with Gasteiger partial charge in [-0.15, -0.1) is 0 Å². The van der Waals surface area contributed by atoms with Crippen LogP contribution in [0.2, 0.25) is 0 Å². The molecule has 3 aliphatic rings. The van der Waals surface area contributed by atoms with Crippen molar-refractivity contribution < 1.29 is 9.31 Å². The van der Waals surface area contributed by atoms with Gasteiger partial charge in [-0.3, -0.25) is 0 Å². The van der Waals surface area contributed by atoms with Crippen LogP contribution in [0.5, 0.6) is 0 Å². The second-order valence-electron chi connectivity index (χ2n) is 9.80. The van der Waals surface area contributed by atoms with Crippen molar-refractivity contribution in [3.8, 4) is 0 Å². The minimum absolute atomic E-state index is 0.0589. The summed E-state index contributed by atoms with van der Waals surface area (Å²) in [6, 6.07) is 30.9. The summed E-state index contributed by atoms with van der Waals surface area (Å²) in [6.07, 6.45) is 12.8. The molecule has 1 saturated heterocycles. The van der Waals surface area contributed by atoms with Crippen LogP contribution in [-0.2, 0) is 23.0 Å². The maximum absolute atomic E-state index is 6.48. The Bertz CT molecular complexity index is 1310. The van der Waals surface area contributed by atoms with Gasteiger partial charge in [-0.2, -0.15) is 4.58 Å². The molecule has 3 aromatic rings. The molecule has 2 atom stereocenters. The predicted octanol–water partition coefficient (Wildman–Crippen LogP) is 5.80. The van der Waals surface area contributed by atoms with Crippen molar-refractivity contribution in [2.45, 2.75) is 30.4 Å². The summed E-state index contributed by atoms with van der Waals surface area (Å²) in [6.45, 7) is 0. The Kier molecular flexibility index (Phi) is 5.41. The zero-order valence-corrected chi connectivity index (χ0v) is 20.3. The normalized spacial score (nSPS) is 22.9. The molecular formula is C32H31N2O+. The van der Waals surface area contributed by atoms with Crippen LogP contribution in [0.3, 0.4) is 0 Å². The molecule has 0 saturated carbocycles. The fourth-order valence-corrected chi connectivity index (χ4v) is 5.97. The van der Waals surface area contributed by atoms with Gasteiger partial charge in [-0.05, 0) is 30.0 Å². The molecule has 2 unspecified atom stereocenters. The zero-order chi connectivity index (χ0) is 23.8. The van der Waals surface area contributed by atoms with Gasteiger partial charge >= 0.3 is 0 Å². The molecule has 0 N–H and O–H groups in total. The lowest BCUT2D eigenvalue weighted by Gasteiger charge is -2.29. The molecule has 3 nitrogen and oxygen atoms in total. The van der Waals surface area contributed by atoms with E-state index in [1.54, 1.807) is 0 Å². The zero-order valence-electron chi connectivity index (χ0n) is 20.3. The highest BCUT2D eigenvalue weighted by molar-refractivity contribution is 6.04. The number of benzene rings is 3. The molecular weight excluding hydrogens is 428 g/mol. The predicted molar refractivity (Wildman–Crippen MR) is 142 cm³/mol. The molecule has 0 radical (unpaired) electrons. The first-order valence-electron chi connectivity index (χ1n) is 12.4. The first kappa shape index (κ1) is 21.7. The first-order valence-corrected chi connectivity index (χ1v) is 12.4. The molecule has 0 bridgehead atoms. The van der Waals surface area contributed by atoms with E-state index in [9.17, 15) is 0 Å². The SMILES string of the molecule is CN1C(=CC2=[N+](C)c3ccccc3C2(Cc2ccccc2)Cc2ccccc2)OC2C=CC=CC21. The number of hydrogen-bond acceptors (Lipinski definition) is 2. The van der Waals surface area contributed by atoms with Crippen LogP contribution in [0.1, 0.15) is 16.7 Å². The van der Waals surface area contributed by atoms with Crippen LogP contribution >= 0.6 is 0 Å². The Hall–Kier alpha value is -3.85. The van der Waals surface area contributed by atoms with Crippen molar-refractivity contribution >= 4 is 11.4 Å². The number of hydrogen-bond donors (Lipinski definition) is 0. The molecule has 1 fully saturated rings. The van der Waals surface area contributed by atoms with E-state index in [1.165, 1.54) is 28.1 Å². The number of nitrogens with zero attached hydrogens (tertiary/aromatic N) is 2. The minimum atomic E-state index is -0.218. The van der Waals surface area contributed by atoms with E-state index in [2.05, 4.69) is 139 Å². The van der Waals surface area contributed by atoms with Gasteiger partial charge < -0.3 is 9.64 Å². The van der Waals surface area contributed by atoms with Crippen molar-refractivity contribution in [3.63, 3.8) is 0 Å². The lowest BCUT2D eigenvalue weighted by molar-refractivity contribution is -0.401. The first-order chi connectivity index (χ1) is 17.2. The second kappa shape index (κ2) is 8.74. The van der Waals surface area contributed by atoms with Crippen LogP contribution in [0.15, 0.2) is 121 Å². The highest BCUT2D eigenvalue weighted by Gasteiger charge is 2.51. The smallest absolute Gasteiger partial charge is 0.209 e. The van der Waals surface area contributed by atoms with E-state index < -0.39 is 0 Å². The van der Waals surface area contributed by atoms with Crippen molar-refractivity contribution in [2.24, 2.45) is 0 Å². The number of likely N-dealkylation sites (N-methyl/N-ethyl adjacent to an activating group) is 1. The molecule has 2 aliphatic heterocycles. The van der Waals surface area contributed by atoms with Crippen molar-refractivity contribution in [2.75, 3.05) is 14.1 Å². The summed E-state index contributed by atoms with van der Waals surface area (Å²) >= 11 is 0. The van der Waals surface area contributed by atoms with E-state index in [4.69, 9.17) is 4.74 Å². The van der Waals surface area contributed by atoms with E-state index >= 15 is 0 Å². The summed E-state index contributed by atoms with van der Waals surface area (Å²) in [5, 5.41) is 0. The molecule has 0 spiro atoms. The standard InChI is InChI=1S/C32H31N2O/c1-33-27-18-10-9-17-26(27)32(22-24-13-5-3-6-14-24,23-25-15-7-4-8-16-25)30(33)21-31-34(2)28-19-11-12-20-29(28)35-31/h3-21,28-29H,22-23H2,1-2H3/q+1. The summed E-state index contributed by atoms with van der Waals surface area (Å²) in [4.78, 5) is 2.27. The number of para-hydroxylation sites is 1. The van der Waals surface area contributed by atoms with Crippen LogP contribution in [-0.4, -0.2) is 41.4 Å². The molecule has 0 aromatic heterocycles. The highest BCUT2D eigenvalue weighted by Crippen LogP contribution is 2.45. The van der Waals surface area contributed by atoms with Crippen molar-refractivity contribution in [1.29, 1.82) is 0 Å². The largest absolute Gasteiger partial charge is 0.469 e. The van der Waals surface area contributed by atoms with Crippen LogP contribution in [0, 0.1) is 0 Å². The summed E-state index contributed by atoms with van der Waals surface area (Å²) in [7, 11) is 4.34. The third-order valence-electron chi connectivity index (χ3n) is 7.70. The highest BCUT2D eigenvalue weighted by atomic mass is 16.5. The summed E-state index contributed by atoms with van der Waals surface area (Å²) in [5.74, 6) is 0.927. The molecule has 35 heavy (non-hydrogen) atoms. The fraction of sp³-hybridized carbons (Fsp3) is 0.219. The molecule has 3 aromatic carbocycles. The number of allylic oxidation sites excluding steroid dienone is 3. The van der Waals surface area contributed by atoms with Gasteiger partial charge in [0.05, 0.1) is 17.5 Å². The quantitative estimate of drug-likeness (QED) is 0.448. The van der Waals surface area contributed by atoms with E-state index in [1.807, 2.05) is 0 Å². The second-order valence-corrected chi connectivity index (χ2v) is 9.80. The van der Waals surface area contributed by atoms with Gasteiger partial charge in [-0.1, -0.05) is 97.1 Å². The van der Waals surface area contributed by atoms with Crippen LogP contribution in [0.25, 0.3) is 0 Å². The van der Waals surface area contributed by atoms with Gasteiger partial charge in [-0.25, -0.2) is 0 Å². The molecule has 0 amide bonds. The Morgan fingerprint density at radius 2 is 1.43 bits per heavy atom. The Morgan fingerprint density at radius 3 is 2.09 bits per heavy atom. The van der Waals surface area contributed by atoms with Gasteiger partial charge in [0.15, 0.2) is 11.6 Å². The average Bonchev–Trinajstić information content (AvgIpc) is 3.33. The van der Waals surface area contributed by atoms with Gasteiger partial charge in [0.1, 0.15) is 13.2 Å². The lowest BCUT2D eigenvalue weighted by Crippen LogP contribution is -2.39. The average molecular weight is 460 g/mol. The molecule has 3 heteroatoms. The molecule has 174 valence electrons. The number of fused-ring (bicyclic) bond motifs is 2. The third kappa shape index (κ3) is 3.72. The van der Waals surface area contributed by atoms with Crippen molar-refractivity contribution in [1.82, 2.24) is 4.90 Å². The summed E-state index contributed by atoms with van der Waals surface area (Å²) in [5.41, 5.74) is 6.38. The van der Waals surface area contributed by atoms with Gasteiger partial charge in [0.2, 0.25) is 5.69 Å². The molecule has 1 aliphatic carbocycles. The Morgan fingerprint density at radius 1 is 0.829 bits per heavy atom. The van der Waals surface area contributed by atoms with Gasteiger partial charge in [0.25, 0.3) is 0 Å².